The number of hydrogen-bond donors (Lipinski definition) is 0. The Bertz CT molecular complexity index is 2410. The maximum absolute atomic E-state index is 2.42. The van der Waals surface area contributed by atoms with Gasteiger partial charge >= 0.3 is 0 Å². The highest BCUT2D eigenvalue weighted by Crippen LogP contribution is 2.43. The van der Waals surface area contributed by atoms with E-state index in [9.17, 15) is 0 Å². The van der Waals surface area contributed by atoms with Crippen molar-refractivity contribution >= 4 is 72.5 Å². The van der Waals surface area contributed by atoms with E-state index in [-0.39, 0.29) is 6.71 Å². The summed E-state index contributed by atoms with van der Waals surface area (Å²) in [5.41, 5.74) is 18.3. The van der Waals surface area contributed by atoms with Crippen LogP contribution in [0.5, 0.6) is 0 Å². The molecule has 8 aromatic carbocycles. The van der Waals surface area contributed by atoms with Crippen molar-refractivity contribution in [3.8, 4) is 0 Å². The van der Waals surface area contributed by atoms with Crippen molar-refractivity contribution in [1.82, 2.24) is 0 Å². The third-order valence-corrected chi connectivity index (χ3v) is 10.9. The van der Waals surface area contributed by atoms with Gasteiger partial charge in [-0.05, 0) is 113 Å². The second-order valence-corrected chi connectivity index (χ2v) is 14.7. The fourth-order valence-electron chi connectivity index (χ4n) is 8.82. The Hall–Kier alpha value is -5.34. The molecular formula is C48H44BN. The first-order valence-electron chi connectivity index (χ1n) is 17.9. The van der Waals surface area contributed by atoms with E-state index in [0.717, 1.165) is 11.4 Å². The van der Waals surface area contributed by atoms with Crippen molar-refractivity contribution in [2.24, 2.45) is 0 Å². The first-order chi connectivity index (χ1) is 24.1. The zero-order chi connectivity index (χ0) is 34.8. The molecule has 0 saturated carbocycles. The first-order valence-corrected chi connectivity index (χ1v) is 17.9. The highest BCUT2D eigenvalue weighted by Gasteiger charge is 2.30. The van der Waals surface area contributed by atoms with Gasteiger partial charge in [0.15, 0.2) is 0 Å². The van der Waals surface area contributed by atoms with E-state index in [1.54, 1.807) is 0 Å². The van der Waals surface area contributed by atoms with Gasteiger partial charge in [-0.3, -0.25) is 0 Å². The van der Waals surface area contributed by atoms with Gasteiger partial charge in [-0.15, -0.1) is 0 Å². The molecule has 0 aliphatic rings. The highest BCUT2D eigenvalue weighted by molar-refractivity contribution is 6.98. The Morgan fingerprint density at radius 2 is 0.780 bits per heavy atom. The molecular weight excluding hydrogens is 601 g/mol. The molecule has 0 atom stereocenters. The van der Waals surface area contributed by atoms with Gasteiger partial charge in [0, 0.05) is 16.8 Å². The van der Waals surface area contributed by atoms with Crippen LogP contribution in [-0.4, -0.2) is 6.71 Å². The van der Waals surface area contributed by atoms with Crippen molar-refractivity contribution in [2.75, 3.05) is 4.90 Å². The average molecular weight is 646 g/mol. The molecule has 244 valence electrons. The molecule has 0 aromatic heterocycles. The van der Waals surface area contributed by atoms with E-state index in [4.69, 9.17) is 0 Å². The Labute approximate surface area is 297 Å². The van der Waals surface area contributed by atoms with Crippen LogP contribution in [0.3, 0.4) is 0 Å². The van der Waals surface area contributed by atoms with Crippen LogP contribution in [-0.2, 0) is 0 Å². The third kappa shape index (κ3) is 5.26. The summed E-state index contributed by atoms with van der Waals surface area (Å²) in [6.45, 7) is 18.0. The molecule has 0 spiro atoms. The molecule has 0 radical (unpaired) electrons. The van der Waals surface area contributed by atoms with Crippen LogP contribution in [0.4, 0.5) is 17.1 Å². The molecule has 0 aliphatic heterocycles. The Morgan fingerprint density at radius 3 is 1.26 bits per heavy atom. The number of aryl methyl sites for hydroxylation is 8. The minimum atomic E-state index is 0.108. The van der Waals surface area contributed by atoms with Crippen LogP contribution in [0.1, 0.15) is 44.5 Å². The monoisotopic (exact) mass is 645 g/mol. The largest absolute Gasteiger partial charge is 0.310 e. The molecule has 1 nitrogen and oxygen atoms in total. The summed E-state index contributed by atoms with van der Waals surface area (Å²) < 4.78 is 0. The normalized spacial score (nSPS) is 11.6. The number of rotatable bonds is 6. The highest BCUT2D eigenvalue weighted by atomic mass is 15.1. The van der Waals surface area contributed by atoms with Crippen LogP contribution >= 0.6 is 0 Å². The molecule has 0 unspecified atom stereocenters. The SMILES string of the molecule is Cc1ccc(N(c2ccc(C)cc2)c2ccc3ccc4c(B(c5c(C)cc(C)cc5C)c5c(C)cc(C)cc5C)ccc5ccc2c3c54)cc1. The van der Waals surface area contributed by atoms with Gasteiger partial charge < -0.3 is 4.90 Å². The topological polar surface area (TPSA) is 3.24 Å². The van der Waals surface area contributed by atoms with Gasteiger partial charge in [0.1, 0.15) is 0 Å². The molecule has 2 heteroatoms. The summed E-state index contributed by atoms with van der Waals surface area (Å²) in [6.07, 6.45) is 0. The molecule has 0 amide bonds. The summed E-state index contributed by atoms with van der Waals surface area (Å²) in [7, 11) is 0. The van der Waals surface area contributed by atoms with Crippen LogP contribution in [0, 0.1) is 55.4 Å². The van der Waals surface area contributed by atoms with Crippen LogP contribution < -0.4 is 21.3 Å². The Kier molecular flexibility index (Phi) is 7.79. The van der Waals surface area contributed by atoms with Gasteiger partial charge in [-0.25, -0.2) is 0 Å². The predicted octanol–water partition coefficient (Wildman–Crippen LogP) is 11.0. The van der Waals surface area contributed by atoms with Crippen molar-refractivity contribution < 1.29 is 0 Å². The number of hydrogen-bond acceptors (Lipinski definition) is 1. The smallest absolute Gasteiger partial charge is 0.243 e. The summed E-state index contributed by atoms with van der Waals surface area (Å²) >= 11 is 0. The van der Waals surface area contributed by atoms with Crippen LogP contribution in [0.25, 0.3) is 32.3 Å². The molecule has 50 heavy (non-hydrogen) atoms. The maximum atomic E-state index is 2.42. The lowest BCUT2D eigenvalue weighted by Crippen LogP contribution is -2.56. The first kappa shape index (κ1) is 31.9. The van der Waals surface area contributed by atoms with Crippen molar-refractivity contribution in [3.05, 3.63) is 166 Å². The maximum Gasteiger partial charge on any atom is 0.243 e. The van der Waals surface area contributed by atoms with E-state index in [0.29, 0.717) is 0 Å². The molecule has 0 bridgehead atoms. The standard InChI is InChI=1S/C48H44BN/c1-29-9-17-39(18-10-29)50(40-19-11-30(2)12-20-40)44-24-16-38-13-21-41-43(23-15-37-14-22-42(44)46(38)45(37)41)49(47-33(5)25-31(3)26-34(47)6)48-35(7)27-32(4)28-36(48)8/h9-28H,1-8H3. The number of nitrogens with zero attached hydrogens (tertiary/aromatic N) is 1. The van der Waals surface area contributed by atoms with E-state index in [2.05, 4.69) is 182 Å². The van der Waals surface area contributed by atoms with E-state index >= 15 is 0 Å². The number of benzene rings is 8. The lowest BCUT2D eigenvalue weighted by molar-refractivity contribution is 1.28. The fourth-order valence-corrected chi connectivity index (χ4v) is 8.82. The van der Waals surface area contributed by atoms with Gasteiger partial charge in [0.25, 0.3) is 0 Å². The van der Waals surface area contributed by atoms with Gasteiger partial charge in [-0.1, -0.05) is 152 Å². The second kappa shape index (κ2) is 12.2. The summed E-state index contributed by atoms with van der Waals surface area (Å²) in [5, 5.41) is 7.83. The summed E-state index contributed by atoms with van der Waals surface area (Å²) in [5.74, 6) is 0. The van der Waals surface area contributed by atoms with E-state index in [1.807, 2.05) is 0 Å². The molecule has 8 rings (SSSR count). The van der Waals surface area contributed by atoms with Gasteiger partial charge in [0.05, 0.1) is 5.69 Å². The molecule has 0 saturated heterocycles. The van der Waals surface area contributed by atoms with E-state index < -0.39 is 0 Å². The van der Waals surface area contributed by atoms with Crippen molar-refractivity contribution in [3.63, 3.8) is 0 Å². The number of anilines is 3. The van der Waals surface area contributed by atoms with Gasteiger partial charge in [0.2, 0.25) is 6.71 Å². The molecule has 0 fully saturated rings. The van der Waals surface area contributed by atoms with Crippen LogP contribution in [0.15, 0.2) is 121 Å². The minimum absolute atomic E-state index is 0.108. The molecule has 8 aromatic rings. The summed E-state index contributed by atoms with van der Waals surface area (Å²) in [4.78, 5) is 2.42. The van der Waals surface area contributed by atoms with E-state index in [1.165, 1.54) is 98.9 Å². The zero-order valence-electron chi connectivity index (χ0n) is 30.6. The lowest BCUT2D eigenvalue weighted by Gasteiger charge is -2.29. The van der Waals surface area contributed by atoms with Crippen molar-refractivity contribution in [1.29, 1.82) is 0 Å². The zero-order valence-corrected chi connectivity index (χ0v) is 30.6. The summed E-state index contributed by atoms with van der Waals surface area (Å²) in [6, 6.07) is 46.1. The fraction of sp³-hybridized carbons (Fsp3) is 0.167. The predicted molar refractivity (Wildman–Crippen MR) is 220 cm³/mol. The lowest BCUT2D eigenvalue weighted by atomic mass is 9.33. The second-order valence-electron chi connectivity index (χ2n) is 14.7. The molecule has 0 heterocycles. The van der Waals surface area contributed by atoms with Crippen molar-refractivity contribution in [2.45, 2.75) is 55.4 Å². The third-order valence-electron chi connectivity index (χ3n) is 10.9. The minimum Gasteiger partial charge on any atom is -0.310 e. The average Bonchev–Trinajstić information content (AvgIpc) is 3.08. The van der Waals surface area contributed by atoms with Gasteiger partial charge in [-0.2, -0.15) is 0 Å². The Morgan fingerprint density at radius 1 is 0.380 bits per heavy atom. The Balaban J connectivity index is 1.44. The molecule has 0 N–H and O–H groups in total. The quantitative estimate of drug-likeness (QED) is 0.128. The molecule has 0 aliphatic carbocycles. The van der Waals surface area contributed by atoms with Crippen LogP contribution in [0.2, 0.25) is 0 Å².